The molecule has 0 spiro atoms. The Hall–Kier alpha value is -3.50. The van der Waals surface area contributed by atoms with E-state index in [2.05, 4.69) is 0 Å². The summed E-state index contributed by atoms with van der Waals surface area (Å²) in [5.74, 6) is -0.182. The predicted octanol–water partition coefficient (Wildman–Crippen LogP) is 6.10. The minimum Gasteiger partial charge on any atom is -0.289 e. The lowest BCUT2D eigenvalue weighted by Gasteiger charge is -2.22. The van der Waals surface area contributed by atoms with Gasteiger partial charge in [0.1, 0.15) is 5.25 Å². The van der Waals surface area contributed by atoms with Crippen LogP contribution in [-0.4, -0.2) is 14.2 Å². The molecule has 0 heterocycles. The van der Waals surface area contributed by atoms with Crippen LogP contribution in [0.5, 0.6) is 0 Å². The van der Waals surface area contributed by atoms with Crippen molar-refractivity contribution >= 4 is 15.6 Å². The average Bonchev–Trinajstić information content (AvgIpc) is 2.80. The molecule has 4 aromatic carbocycles. The van der Waals surface area contributed by atoms with E-state index in [-0.39, 0.29) is 10.7 Å². The van der Waals surface area contributed by atoms with E-state index in [1.54, 1.807) is 54.6 Å². The van der Waals surface area contributed by atoms with Crippen molar-refractivity contribution in [2.75, 3.05) is 0 Å². The van der Waals surface area contributed by atoms with Crippen LogP contribution in [0.4, 0.5) is 0 Å². The summed E-state index contributed by atoms with van der Waals surface area (Å²) in [6.07, 6.45) is 0. The van der Waals surface area contributed by atoms with Gasteiger partial charge in [0.2, 0.25) is 0 Å². The Morgan fingerprint density at radius 3 is 1.91 bits per heavy atom. The Morgan fingerprint density at radius 1 is 0.688 bits per heavy atom. The molecular weight excluding hydrogens is 416 g/mol. The van der Waals surface area contributed by atoms with Gasteiger partial charge in [-0.3, -0.25) is 4.79 Å². The molecule has 160 valence electrons. The third-order valence-corrected chi connectivity index (χ3v) is 7.69. The molecule has 0 aromatic heterocycles. The van der Waals surface area contributed by atoms with Gasteiger partial charge >= 0.3 is 0 Å². The molecule has 0 aliphatic carbocycles. The van der Waals surface area contributed by atoms with Gasteiger partial charge in [-0.25, -0.2) is 8.42 Å². The normalized spacial score (nSPS) is 12.3. The molecule has 0 saturated carbocycles. The van der Waals surface area contributed by atoms with Crippen LogP contribution in [0, 0.1) is 13.8 Å². The van der Waals surface area contributed by atoms with Crippen molar-refractivity contribution in [3.05, 3.63) is 137 Å². The summed E-state index contributed by atoms with van der Waals surface area (Å²) in [6.45, 7) is 3.77. The van der Waals surface area contributed by atoms with Crippen LogP contribution in [0.25, 0.3) is 0 Å². The molecule has 0 aliphatic heterocycles. The van der Waals surface area contributed by atoms with Crippen LogP contribution in [0.1, 0.15) is 43.4 Å². The highest BCUT2D eigenvalue weighted by molar-refractivity contribution is 7.92. The summed E-state index contributed by atoms with van der Waals surface area (Å²) in [4.78, 5) is 13.8. The molecule has 1 unspecified atom stereocenters. The third-order valence-electron chi connectivity index (χ3n) is 5.61. The van der Waals surface area contributed by atoms with Gasteiger partial charge in [-0.15, -0.1) is 0 Å². The number of carbonyl (C=O) groups excluding carboxylic acids is 1. The molecular formula is C28H24O3S. The van der Waals surface area contributed by atoms with Gasteiger partial charge in [-0.1, -0.05) is 96.6 Å². The largest absolute Gasteiger partial charge is 0.289 e. The Bertz CT molecular complexity index is 1340. The Morgan fingerprint density at radius 2 is 1.28 bits per heavy atom. The van der Waals surface area contributed by atoms with Gasteiger partial charge in [-0.2, -0.15) is 0 Å². The summed E-state index contributed by atoms with van der Waals surface area (Å²) in [5.41, 5.74) is 3.81. The molecule has 0 saturated heterocycles. The zero-order chi connectivity index (χ0) is 22.7. The van der Waals surface area contributed by atoms with Crippen molar-refractivity contribution in [1.29, 1.82) is 0 Å². The second kappa shape index (κ2) is 8.93. The summed E-state index contributed by atoms with van der Waals surface area (Å²) < 4.78 is 27.9. The number of hydrogen-bond donors (Lipinski definition) is 0. The Kier molecular flexibility index (Phi) is 6.06. The number of ketones is 1. The second-order valence-corrected chi connectivity index (χ2v) is 9.92. The van der Waals surface area contributed by atoms with Crippen LogP contribution < -0.4 is 0 Å². The zero-order valence-corrected chi connectivity index (χ0v) is 18.8. The lowest BCUT2D eigenvalue weighted by atomic mass is 9.90. The molecule has 4 aromatic rings. The van der Waals surface area contributed by atoms with E-state index < -0.39 is 15.1 Å². The summed E-state index contributed by atoms with van der Waals surface area (Å²) in [6, 6.07) is 30.3. The lowest BCUT2D eigenvalue weighted by Crippen LogP contribution is -2.19. The molecule has 0 N–H and O–H groups in total. The van der Waals surface area contributed by atoms with Crippen molar-refractivity contribution in [3.63, 3.8) is 0 Å². The molecule has 4 heteroatoms. The van der Waals surface area contributed by atoms with Crippen molar-refractivity contribution in [3.8, 4) is 0 Å². The molecule has 3 nitrogen and oxygen atoms in total. The van der Waals surface area contributed by atoms with Crippen LogP contribution >= 0.6 is 0 Å². The number of carbonyl (C=O) groups is 1. The van der Waals surface area contributed by atoms with Gasteiger partial charge in [0, 0.05) is 11.1 Å². The molecule has 32 heavy (non-hydrogen) atoms. The monoisotopic (exact) mass is 440 g/mol. The van der Waals surface area contributed by atoms with Crippen molar-refractivity contribution in [2.24, 2.45) is 0 Å². The van der Waals surface area contributed by atoms with E-state index in [1.807, 2.05) is 62.4 Å². The fourth-order valence-electron chi connectivity index (χ4n) is 3.97. The number of aryl methyl sites for hydroxylation is 2. The van der Waals surface area contributed by atoms with Gasteiger partial charge in [-0.05, 0) is 42.7 Å². The number of benzene rings is 4. The molecule has 0 aliphatic rings. The van der Waals surface area contributed by atoms with E-state index in [1.165, 1.54) is 0 Å². The van der Waals surface area contributed by atoms with Gasteiger partial charge in [0.25, 0.3) is 0 Å². The fraction of sp³-hybridized carbons (Fsp3) is 0.107. The minimum atomic E-state index is -3.83. The maximum absolute atomic E-state index is 14.0. The number of rotatable bonds is 6. The quantitative estimate of drug-likeness (QED) is 0.341. The van der Waals surface area contributed by atoms with Gasteiger partial charge in [0.15, 0.2) is 15.6 Å². The van der Waals surface area contributed by atoms with E-state index >= 15 is 0 Å². The zero-order valence-electron chi connectivity index (χ0n) is 18.0. The fourth-order valence-corrected chi connectivity index (χ4v) is 5.80. The SMILES string of the molecule is Cc1ccc(S(=O)(=O)C(c2ccccc2)c2cccc(C)c2C(=O)c2ccccc2)cc1. The minimum absolute atomic E-state index is 0.182. The topological polar surface area (TPSA) is 51.2 Å². The summed E-state index contributed by atoms with van der Waals surface area (Å²) in [5, 5.41) is -1.01. The second-order valence-electron chi connectivity index (χ2n) is 7.88. The van der Waals surface area contributed by atoms with Crippen LogP contribution in [0.2, 0.25) is 0 Å². The molecule has 1 atom stereocenters. The first-order valence-electron chi connectivity index (χ1n) is 10.4. The summed E-state index contributed by atoms with van der Waals surface area (Å²) >= 11 is 0. The molecule has 0 fully saturated rings. The van der Waals surface area contributed by atoms with E-state index in [0.717, 1.165) is 11.1 Å². The van der Waals surface area contributed by atoms with E-state index in [4.69, 9.17) is 0 Å². The predicted molar refractivity (Wildman–Crippen MR) is 128 cm³/mol. The number of hydrogen-bond acceptors (Lipinski definition) is 3. The van der Waals surface area contributed by atoms with Crippen molar-refractivity contribution in [1.82, 2.24) is 0 Å². The van der Waals surface area contributed by atoms with Crippen molar-refractivity contribution in [2.45, 2.75) is 24.0 Å². The van der Waals surface area contributed by atoms with Gasteiger partial charge < -0.3 is 0 Å². The highest BCUT2D eigenvalue weighted by Crippen LogP contribution is 2.38. The molecule has 0 bridgehead atoms. The molecule has 0 radical (unpaired) electrons. The van der Waals surface area contributed by atoms with Crippen LogP contribution in [-0.2, 0) is 9.84 Å². The standard InChI is InChI=1S/C28H24O3S/c1-20-16-18-24(19-17-20)32(30,31)28(23-13-7-4-8-14-23)25-15-9-10-21(2)26(25)27(29)22-11-5-3-6-12-22/h3-19,28H,1-2H3. The first kappa shape index (κ1) is 21.7. The first-order chi connectivity index (χ1) is 15.4. The maximum atomic E-state index is 14.0. The third kappa shape index (κ3) is 4.14. The van der Waals surface area contributed by atoms with E-state index in [0.29, 0.717) is 22.3 Å². The van der Waals surface area contributed by atoms with E-state index in [9.17, 15) is 13.2 Å². The van der Waals surface area contributed by atoms with Gasteiger partial charge in [0.05, 0.1) is 4.90 Å². The first-order valence-corrected chi connectivity index (χ1v) is 12.0. The highest BCUT2D eigenvalue weighted by atomic mass is 32.2. The highest BCUT2D eigenvalue weighted by Gasteiger charge is 2.34. The van der Waals surface area contributed by atoms with Crippen LogP contribution in [0.3, 0.4) is 0 Å². The Balaban J connectivity index is 1.97. The van der Waals surface area contributed by atoms with Crippen LogP contribution in [0.15, 0.2) is 108 Å². The molecule has 4 rings (SSSR count). The number of sulfone groups is 1. The summed E-state index contributed by atoms with van der Waals surface area (Å²) in [7, 11) is -3.83. The molecule has 0 amide bonds. The Labute approximate surface area is 189 Å². The lowest BCUT2D eigenvalue weighted by molar-refractivity contribution is 0.103. The van der Waals surface area contributed by atoms with Crippen molar-refractivity contribution < 1.29 is 13.2 Å². The maximum Gasteiger partial charge on any atom is 0.193 e. The average molecular weight is 441 g/mol. The smallest absolute Gasteiger partial charge is 0.193 e.